The van der Waals surface area contributed by atoms with Gasteiger partial charge in [-0.2, -0.15) is 26.3 Å². The molecule has 0 spiro atoms. The fraction of sp³-hybridized carbons (Fsp3) is 0.179. The van der Waals surface area contributed by atoms with Crippen molar-refractivity contribution in [3.8, 4) is 0 Å². The lowest BCUT2D eigenvalue weighted by Crippen LogP contribution is -2.37. The number of likely N-dealkylation sites (N-methyl/N-ethyl adjacent to an activating group) is 1. The van der Waals surface area contributed by atoms with Gasteiger partial charge in [0.2, 0.25) is 0 Å². The molecule has 1 aliphatic carbocycles. The van der Waals surface area contributed by atoms with Crippen molar-refractivity contribution in [2.45, 2.75) is 24.6 Å². The molecule has 280 valence electrons. The fourth-order valence-electron chi connectivity index (χ4n) is 6.71. The van der Waals surface area contributed by atoms with Crippen LogP contribution in [-0.2, 0) is 10.9 Å². The van der Waals surface area contributed by atoms with E-state index in [2.05, 4.69) is 30.3 Å². The molecule has 1 aromatic heterocycles. The van der Waals surface area contributed by atoms with Gasteiger partial charge in [0.05, 0.1) is 53.1 Å². The number of nitrogens with zero attached hydrogens (tertiary/aromatic N) is 5. The van der Waals surface area contributed by atoms with Crippen LogP contribution in [0.15, 0.2) is 111 Å². The first-order valence-corrected chi connectivity index (χ1v) is 16.7. The third-order valence-corrected chi connectivity index (χ3v) is 9.51. The highest BCUT2D eigenvalue weighted by Crippen LogP contribution is 2.38. The maximum Gasteiger partial charge on any atom is 0.417 e. The van der Waals surface area contributed by atoms with E-state index >= 15 is 4.39 Å². The largest absolute Gasteiger partial charge is 0.467 e. The van der Waals surface area contributed by atoms with E-state index < -0.39 is 52.4 Å². The number of allylic oxidation sites excluding steroid dienone is 4. The second-order valence-corrected chi connectivity index (χ2v) is 13.0. The van der Waals surface area contributed by atoms with E-state index in [9.17, 15) is 31.4 Å². The summed E-state index contributed by atoms with van der Waals surface area (Å²) in [4.78, 5) is 21.7. The smallest absolute Gasteiger partial charge is 0.417 e. The van der Waals surface area contributed by atoms with Gasteiger partial charge in [0.1, 0.15) is 23.4 Å². The summed E-state index contributed by atoms with van der Waals surface area (Å²) < 4.78 is 108. The Labute approximate surface area is 306 Å². The van der Waals surface area contributed by atoms with E-state index in [4.69, 9.17) is 4.74 Å². The zero-order chi connectivity index (χ0) is 38.8. The van der Waals surface area contributed by atoms with Gasteiger partial charge < -0.3 is 25.0 Å². The third-order valence-electron chi connectivity index (χ3n) is 9.51. The first-order valence-electron chi connectivity index (χ1n) is 16.7. The predicted molar refractivity (Wildman–Crippen MR) is 192 cm³/mol. The number of alkyl halides is 6. The summed E-state index contributed by atoms with van der Waals surface area (Å²) in [7, 11) is 3.09. The number of aromatic nitrogens is 2. The number of H-pyrrole nitrogens is 1. The van der Waals surface area contributed by atoms with Crippen molar-refractivity contribution in [3.63, 3.8) is 0 Å². The van der Waals surface area contributed by atoms with Crippen LogP contribution in [0.3, 0.4) is 0 Å². The van der Waals surface area contributed by atoms with E-state index in [-0.39, 0.29) is 39.6 Å². The molecular formula is C39H28F7N7O2. The Morgan fingerprint density at radius 2 is 1.71 bits per heavy atom. The number of rotatable bonds is 2. The van der Waals surface area contributed by atoms with E-state index in [0.717, 1.165) is 22.9 Å². The Bertz CT molecular complexity index is 2710. The first-order chi connectivity index (χ1) is 26.2. The van der Waals surface area contributed by atoms with Crippen molar-refractivity contribution in [3.05, 3.63) is 140 Å². The molecule has 4 aromatic rings. The Morgan fingerprint density at radius 1 is 0.945 bits per heavy atom. The molecule has 2 unspecified atom stereocenters. The van der Waals surface area contributed by atoms with E-state index in [0.29, 0.717) is 29.0 Å². The van der Waals surface area contributed by atoms with E-state index in [1.54, 1.807) is 55.9 Å². The molecule has 4 heterocycles. The van der Waals surface area contributed by atoms with Crippen LogP contribution in [0.25, 0.3) is 27.8 Å². The SMILES string of the molecule is COC1=NCC(=c2ccc(=c3nc4c(=C5C=C(C(F)(F)F)C=C6N=C(c7ccc(C8=CN(C)C(O)C=C8)cc7F)NC65)c(C(F)(F)F)ccc4[nH]3)cc2)C=N1. The number of aliphatic imine (C=N–C) groups is 3. The lowest BCUT2D eigenvalue weighted by Gasteiger charge is -2.24. The van der Waals surface area contributed by atoms with E-state index in [1.807, 2.05) is 0 Å². The Hall–Kier alpha value is -6.29. The van der Waals surface area contributed by atoms with Crippen LogP contribution in [0.4, 0.5) is 30.7 Å². The van der Waals surface area contributed by atoms with Crippen molar-refractivity contribution in [2.75, 3.05) is 20.7 Å². The lowest BCUT2D eigenvalue weighted by atomic mass is 9.90. The maximum atomic E-state index is 15.7. The molecule has 8 rings (SSSR count). The maximum absolute atomic E-state index is 15.7. The number of imidazole rings is 1. The lowest BCUT2D eigenvalue weighted by molar-refractivity contribution is -0.138. The van der Waals surface area contributed by atoms with Gasteiger partial charge in [0.15, 0.2) is 0 Å². The number of aliphatic hydroxyl groups excluding tert-OH is 1. The number of aromatic amines is 1. The van der Waals surface area contributed by atoms with Gasteiger partial charge in [-0.1, -0.05) is 36.4 Å². The van der Waals surface area contributed by atoms with Gasteiger partial charge >= 0.3 is 18.4 Å². The molecule has 55 heavy (non-hydrogen) atoms. The van der Waals surface area contributed by atoms with Crippen LogP contribution < -0.4 is 15.8 Å². The summed E-state index contributed by atoms with van der Waals surface area (Å²) in [6.07, 6.45) is -3.06. The molecule has 3 N–H and O–H groups in total. The van der Waals surface area contributed by atoms with Gasteiger partial charge in [-0.15, -0.1) is 0 Å². The number of methoxy groups -OCH3 is 1. The highest BCUT2D eigenvalue weighted by Gasteiger charge is 2.41. The molecule has 3 aromatic carbocycles. The molecule has 0 amide bonds. The van der Waals surface area contributed by atoms with Crippen molar-refractivity contribution in [2.24, 2.45) is 15.0 Å². The summed E-state index contributed by atoms with van der Waals surface area (Å²) in [5, 5.41) is 13.5. The third kappa shape index (κ3) is 6.62. The first kappa shape index (κ1) is 35.7. The van der Waals surface area contributed by atoms with Crippen LogP contribution in [0.5, 0.6) is 0 Å². The van der Waals surface area contributed by atoms with Crippen LogP contribution >= 0.6 is 0 Å². The van der Waals surface area contributed by atoms with Crippen LogP contribution in [-0.4, -0.2) is 77.2 Å². The standard InChI is InChI=1S/C39H28F7N7O2/c1-53-18-22(8-12-31(53)54)21-7-9-25(28(40)13-21)36-50-30-15-24(38(41,42)43)14-26(33(30)51-36)32-27(39(44,45)46)10-11-29-34(32)52-35(49-29)20-5-3-19(4-6-20)23-16-47-37(55-2)48-17-23/h3-16,18,31,33,49,54H,17H2,1-2H3,(H,50,51). The zero-order valence-electron chi connectivity index (χ0n) is 28.8. The minimum atomic E-state index is -4.99. The zero-order valence-corrected chi connectivity index (χ0v) is 28.8. The topological polar surface area (TPSA) is 110 Å². The normalized spacial score (nSPS) is 20.8. The van der Waals surface area contributed by atoms with Gasteiger partial charge in [-0.3, -0.25) is 0 Å². The molecule has 3 aliphatic heterocycles. The number of amidine groups is 2. The number of benzene rings is 3. The highest BCUT2D eigenvalue weighted by molar-refractivity contribution is 6.09. The van der Waals surface area contributed by atoms with Gasteiger partial charge in [-0.05, 0) is 70.0 Å². The summed E-state index contributed by atoms with van der Waals surface area (Å²) in [5.74, 6) is -0.941. The van der Waals surface area contributed by atoms with Crippen LogP contribution in [0, 0.1) is 16.5 Å². The number of halogens is 7. The number of aliphatic hydroxyl groups is 1. The quantitative estimate of drug-likeness (QED) is 0.239. The second-order valence-electron chi connectivity index (χ2n) is 13.0. The summed E-state index contributed by atoms with van der Waals surface area (Å²) >= 11 is 0. The van der Waals surface area contributed by atoms with Crippen molar-refractivity contribution >= 4 is 45.8 Å². The molecule has 0 saturated carbocycles. The Morgan fingerprint density at radius 3 is 2.36 bits per heavy atom. The molecule has 2 atom stereocenters. The molecule has 0 radical (unpaired) electrons. The van der Waals surface area contributed by atoms with Crippen molar-refractivity contribution in [1.29, 1.82) is 0 Å². The Balaban J connectivity index is 1.28. The molecule has 9 nitrogen and oxygen atoms in total. The Kier molecular flexibility index (Phi) is 8.59. The number of ether oxygens (including phenoxy) is 1. The van der Waals surface area contributed by atoms with Gasteiger partial charge in [0.25, 0.3) is 0 Å². The monoisotopic (exact) mass is 759 g/mol. The van der Waals surface area contributed by atoms with Crippen LogP contribution in [0.2, 0.25) is 0 Å². The number of hydrogen-bond acceptors (Lipinski definition) is 8. The van der Waals surface area contributed by atoms with Gasteiger partial charge in [-0.25, -0.2) is 24.4 Å². The van der Waals surface area contributed by atoms with E-state index in [1.165, 1.54) is 36.3 Å². The minimum absolute atomic E-state index is 0.107. The number of nitrogens with one attached hydrogen (secondary N) is 2. The highest BCUT2D eigenvalue weighted by atomic mass is 19.4. The van der Waals surface area contributed by atoms with Gasteiger partial charge in [0, 0.05) is 29.9 Å². The second kappa shape index (κ2) is 13.2. The molecule has 0 bridgehead atoms. The minimum Gasteiger partial charge on any atom is -0.467 e. The van der Waals surface area contributed by atoms with Crippen LogP contribution in [0.1, 0.15) is 16.7 Å². The average molecular weight is 760 g/mol. The predicted octanol–water partition coefficient (Wildman–Crippen LogP) is 5.36. The fourth-order valence-corrected chi connectivity index (χ4v) is 6.71. The number of fused-ring (bicyclic) bond motifs is 2. The average Bonchev–Trinajstić information content (AvgIpc) is 3.79. The summed E-state index contributed by atoms with van der Waals surface area (Å²) in [5.41, 5.74) is -1.26. The van der Waals surface area contributed by atoms with Crippen molar-refractivity contribution in [1.82, 2.24) is 20.2 Å². The number of hydrogen-bond donors (Lipinski definition) is 3. The summed E-state index contributed by atoms with van der Waals surface area (Å²) in [6, 6.07) is 12.0. The molecule has 16 heteroatoms. The van der Waals surface area contributed by atoms with Crippen molar-refractivity contribution < 1.29 is 40.6 Å². The molecule has 0 saturated heterocycles. The molecular weight excluding hydrogens is 731 g/mol. The molecule has 4 aliphatic rings. The molecule has 0 fully saturated rings. The summed E-state index contributed by atoms with van der Waals surface area (Å²) in [6.45, 7) is 0.320.